The Kier molecular flexibility index (Phi) is 4.68. The van der Waals surface area contributed by atoms with E-state index in [1.54, 1.807) is 11.1 Å². The van der Waals surface area contributed by atoms with Gasteiger partial charge in [0.05, 0.1) is 0 Å². The molecule has 0 bridgehead atoms. The number of hydrogen-bond acceptors (Lipinski definition) is 3. The fourth-order valence-corrected chi connectivity index (χ4v) is 2.76. The van der Waals surface area contributed by atoms with Crippen molar-refractivity contribution in [3.05, 3.63) is 28.5 Å². The van der Waals surface area contributed by atoms with Gasteiger partial charge in [-0.05, 0) is 67.1 Å². The Morgan fingerprint density at radius 2 is 2.00 bits per heavy atom. The van der Waals surface area contributed by atoms with E-state index < -0.39 is 5.60 Å². The maximum absolute atomic E-state index is 12.0. The minimum Gasteiger partial charge on any atom is -0.444 e. The fraction of sp³-hybridized carbons (Fsp3) is 0.600. The highest BCUT2D eigenvalue weighted by molar-refractivity contribution is 9.10. The van der Waals surface area contributed by atoms with Crippen molar-refractivity contribution in [2.75, 3.05) is 13.1 Å². The van der Waals surface area contributed by atoms with Gasteiger partial charge in [0.2, 0.25) is 0 Å². The molecule has 0 saturated carbocycles. The van der Waals surface area contributed by atoms with Gasteiger partial charge in [-0.25, -0.2) is 4.79 Å². The largest absolute Gasteiger partial charge is 0.444 e. The molecule has 0 spiro atoms. The maximum Gasteiger partial charge on any atom is 0.410 e. The van der Waals surface area contributed by atoms with Crippen molar-refractivity contribution in [1.29, 1.82) is 0 Å². The second kappa shape index (κ2) is 6.12. The third-order valence-corrected chi connectivity index (χ3v) is 3.78. The van der Waals surface area contributed by atoms with Gasteiger partial charge in [0.1, 0.15) is 5.60 Å². The summed E-state index contributed by atoms with van der Waals surface area (Å²) in [4.78, 5) is 18.0. The van der Waals surface area contributed by atoms with Crippen LogP contribution in [0.2, 0.25) is 0 Å². The van der Waals surface area contributed by atoms with Crippen LogP contribution in [0.5, 0.6) is 0 Å². The molecule has 5 heteroatoms. The summed E-state index contributed by atoms with van der Waals surface area (Å²) in [6.07, 6.45) is 5.41. The first-order chi connectivity index (χ1) is 9.35. The molecule has 1 aliphatic heterocycles. The summed E-state index contributed by atoms with van der Waals surface area (Å²) < 4.78 is 6.41. The Hall–Kier alpha value is -1.10. The van der Waals surface area contributed by atoms with Gasteiger partial charge in [0.25, 0.3) is 0 Å². The third-order valence-electron chi connectivity index (χ3n) is 3.34. The molecule has 110 valence electrons. The number of piperidine rings is 1. The van der Waals surface area contributed by atoms with Crippen LogP contribution in [0.25, 0.3) is 0 Å². The lowest BCUT2D eigenvalue weighted by molar-refractivity contribution is 0.0205. The highest BCUT2D eigenvalue weighted by Crippen LogP contribution is 2.29. The lowest BCUT2D eigenvalue weighted by Gasteiger charge is -2.33. The number of carbonyl (C=O) groups is 1. The van der Waals surface area contributed by atoms with E-state index in [0.717, 1.165) is 30.4 Å². The molecule has 0 aromatic carbocycles. The summed E-state index contributed by atoms with van der Waals surface area (Å²) in [7, 11) is 0. The molecule has 2 heterocycles. The molecular weight excluding hydrogens is 320 g/mol. The Bertz CT molecular complexity index is 477. The van der Waals surface area contributed by atoms with Gasteiger partial charge in [0, 0.05) is 30.0 Å². The van der Waals surface area contributed by atoms with Crippen LogP contribution in [-0.2, 0) is 4.74 Å². The molecule has 1 aromatic rings. The summed E-state index contributed by atoms with van der Waals surface area (Å²) in [5.74, 6) is 0.471. The van der Waals surface area contributed by atoms with Crippen molar-refractivity contribution < 1.29 is 9.53 Å². The number of carbonyl (C=O) groups excluding carboxylic acids is 1. The van der Waals surface area contributed by atoms with E-state index >= 15 is 0 Å². The normalized spacial score (nSPS) is 17.1. The van der Waals surface area contributed by atoms with E-state index in [9.17, 15) is 4.79 Å². The zero-order chi connectivity index (χ0) is 14.8. The third kappa shape index (κ3) is 4.20. The molecule has 4 nitrogen and oxygen atoms in total. The van der Waals surface area contributed by atoms with Gasteiger partial charge in [-0.15, -0.1) is 0 Å². The molecule has 0 aliphatic carbocycles. The number of halogens is 1. The van der Waals surface area contributed by atoms with Crippen molar-refractivity contribution in [3.63, 3.8) is 0 Å². The van der Waals surface area contributed by atoms with Crippen molar-refractivity contribution in [2.24, 2.45) is 0 Å². The van der Waals surface area contributed by atoms with Crippen molar-refractivity contribution >= 4 is 22.0 Å². The monoisotopic (exact) mass is 340 g/mol. The zero-order valence-corrected chi connectivity index (χ0v) is 13.8. The molecule has 1 saturated heterocycles. The molecule has 1 amide bonds. The maximum atomic E-state index is 12.0. The highest BCUT2D eigenvalue weighted by Gasteiger charge is 2.27. The predicted molar refractivity (Wildman–Crippen MR) is 81.7 cm³/mol. The Morgan fingerprint density at radius 3 is 2.55 bits per heavy atom. The minimum atomic E-state index is -0.428. The SMILES string of the molecule is CC(C)(C)OC(=O)N1CCC(c2cncc(Br)c2)CC1. The molecule has 1 aromatic heterocycles. The van der Waals surface area contributed by atoms with Crippen molar-refractivity contribution in [3.8, 4) is 0 Å². The topological polar surface area (TPSA) is 42.4 Å². The summed E-state index contributed by atoms with van der Waals surface area (Å²) >= 11 is 3.45. The van der Waals surface area contributed by atoms with Crippen LogP contribution in [0.3, 0.4) is 0 Å². The van der Waals surface area contributed by atoms with E-state index in [4.69, 9.17) is 4.74 Å². The quantitative estimate of drug-likeness (QED) is 0.777. The molecule has 2 rings (SSSR count). The summed E-state index contributed by atoms with van der Waals surface area (Å²) in [6.45, 7) is 7.17. The smallest absolute Gasteiger partial charge is 0.410 e. The van der Waals surface area contributed by atoms with Gasteiger partial charge in [-0.1, -0.05) is 0 Å². The standard InChI is InChI=1S/C15H21BrN2O2/c1-15(2,3)20-14(19)18-6-4-11(5-7-18)12-8-13(16)10-17-9-12/h8-11H,4-7H2,1-3H3. The van der Waals surface area contributed by atoms with Crippen LogP contribution in [0.15, 0.2) is 22.9 Å². The second-order valence-corrected chi connectivity index (χ2v) is 7.09. The van der Waals surface area contributed by atoms with E-state index in [1.165, 1.54) is 5.56 Å². The molecule has 1 fully saturated rings. The number of hydrogen-bond donors (Lipinski definition) is 0. The van der Waals surface area contributed by atoms with Gasteiger partial charge >= 0.3 is 6.09 Å². The first-order valence-corrected chi connectivity index (χ1v) is 7.73. The molecule has 0 atom stereocenters. The lowest BCUT2D eigenvalue weighted by atomic mass is 9.91. The van der Waals surface area contributed by atoms with E-state index in [1.807, 2.05) is 27.0 Å². The summed E-state index contributed by atoms with van der Waals surface area (Å²) in [6, 6.07) is 2.11. The second-order valence-electron chi connectivity index (χ2n) is 6.18. The zero-order valence-electron chi connectivity index (χ0n) is 12.2. The first-order valence-electron chi connectivity index (χ1n) is 6.93. The molecule has 20 heavy (non-hydrogen) atoms. The molecule has 0 N–H and O–H groups in total. The average Bonchev–Trinajstić information content (AvgIpc) is 2.37. The van der Waals surface area contributed by atoms with E-state index in [2.05, 4.69) is 27.0 Å². The molecule has 0 unspecified atom stereocenters. The van der Waals surface area contributed by atoms with Crippen molar-refractivity contribution in [2.45, 2.75) is 45.1 Å². The van der Waals surface area contributed by atoms with Crippen LogP contribution in [-0.4, -0.2) is 34.7 Å². The van der Waals surface area contributed by atoms with Crippen molar-refractivity contribution in [1.82, 2.24) is 9.88 Å². The van der Waals surface area contributed by atoms with Crippen LogP contribution in [0.1, 0.15) is 45.1 Å². The summed E-state index contributed by atoms with van der Waals surface area (Å²) in [5.41, 5.74) is 0.811. The van der Waals surface area contributed by atoms with Gasteiger partial charge in [-0.2, -0.15) is 0 Å². The number of aromatic nitrogens is 1. The molecular formula is C15H21BrN2O2. The Labute approximate surface area is 128 Å². The Morgan fingerprint density at radius 1 is 1.35 bits per heavy atom. The molecule has 1 aliphatic rings. The number of pyridine rings is 1. The summed E-state index contributed by atoms with van der Waals surface area (Å²) in [5, 5.41) is 0. The number of likely N-dealkylation sites (tertiary alicyclic amines) is 1. The molecule has 0 radical (unpaired) electrons. The van der Waals surface area contributed by atoms with Crippen LogP contribution in [0, 0.1) is 0 Å². The van der Waals surface area contributed by atoms with Crippen LogP contribution in [0.4, 0.5) is 4.79 Å². The van der Waals surface area contributed by atoms with E-state index in [0.29, 0.717) is 5.92 Å². The highest BCUT2D eigenvalue weighted by atomic mass is 79.9. The first kappa shape index (κ1) is 15.3. The predicted octanol–water partition coefficient (Wildman–Crippen LogP) is 3.96. The number of amides is 1. The Balaban J connectivity index is 1.91. The minimum absolute atomic E-state index is 0.205. The van der Waals surface area contributed by atoms with Crippen LogP contribution < -0.4 is 0 Å². The van der Waals surface area contributed by atoms with Gasteiger partial charge in [0.15, 0.2) is 0 Å². The lowest BCUT2D eigenvalue weighted by Crippen LogP contribution is -2.41. The average molecular weight is 341 g/mol. The number of rotatable bonds is 1. The van der Waals surface area contributed by atoms with Gasteiger partial charge < -0.3 is 9.64 Å². The van der Waals surface area contributed by atoms with Crippen LogP contribution >= 0.6 is 15.9 Å². The van der Waals surface area contributed by atoms with Gasteiger partial charge in [-0.3, -0.25) is 4.98 Å². The van der Waals surface area contributed by atoms with E-state index in [-0.39, 0.29) is 6.09 Å². The number of ether oxygens (including phenoxy) is 1. The fourth-order valence-electron chi connectivity index (χ4n) is 2.37. The number of nitrogens with zero attached hydrogens (tertiary/aromatic N) is 2.